The molecule has 0 atom stereocenters. The van der Waals surface area contributed by atoms with Crippen LogP contribution in [0.3, 0.4) is 0 Å². The number of nitrogens with one attached hydrogen (secondary N) is 1. The molecule has 1 N–H and O–H groups in total. The van der Waals surface area contributed by atoms with Gasteiger partial charge in [0.2, 0.25) is 5.91 Å². The molecule has 0 spiro atoms. The number of likely N-dealkylation sites (tertiary alicyclic amines) is 1. The molecule has 0 saturated carbocycles. The lowest BCUT2D eigenvalue weighted by Gasteiger charge is -2.15. The first-order valence-electron chi connectivity index (χ1n) is 6.09. The van der Waals surface area contributed by atoms with Crippen LogP contribution in [0.25, 0.3) is 0 Å². The molecule has 6 heteroatoms. The van der Waals surface area contributed by atoms with Gasteiger partial charge in [0, 0.05) is 13.1 Å². The lowest BCUT2D eigenvalue weighted by atomic mass is 10.2. The van der Waals surface area contributed by atoms with Crippen molar-refractivity contribution in [2.45, 2.75) is 12.8 Å². The zero-order chi connectivity index (χ0) is 13.8. The molecule has 1 aromatic rings. The highest BCUT2D eigenvalue weighted by Gasteiger charge is 2.19. The van der Waals surface area contributed by atoms with Gasteiger partial charge in [-0.1, -0.05) is 6.07 Å². The Hall–Kier alpha value is -1.43. The molecule has 1 aliphatic heterocycles. The fraction of sp³-hybridized carbons (Fsp3) is 0.385. The summed E-state index contributed by atoms with van der Waals surface area (Å²) in [6.45, 7) is 1.44. The maximum atomic E-state index is 13.3. The van der Waals surface area contributed by atoms with Crippen LogP contribution in [0, 0.1) is 5.82 Å². The van der Waals surface area contributed by atoms with E-state index in [1.54, 1.807) is 4.90 Å². The quantitative estimate of drug-likeness (QED) is 0.921. The van der Waals surface area contributed by atoms with Crippen LogP contribution in [0.5, 0.6) is 0 Å². The Morgan fingerprint density at radius 2 is 2.00 bits per heavy atom. The van der Waals surface area contributed by atoms with E-state index in [1.165, 1.54) is 18.2 Å². The summed E-state index contributed by atoms with van der Waals surface area (Å²) in [6.07, 6.45) is 2.02. The van der Waals surface area contributed by atoms with E-state index in [0.29, 0.717) is 0 Å². The fourth-order valence-electron chi connectivity index (χ4n) is 2.01. The zero-order valence-electron chi connectivity index (χ0n) is 10.3. The first-order valence-corrected chi connectivity index (χ1v) is 6.89. The maximum Gasteiger partial charge on any atom is 0.252 e. The predicted molar refractivity (Wildman–Crippen MR) is 72.2 cm³/mol. The van der Waals surface area contributed by atoms with Crippen LogP contribution in [0.15, 0.2) is 22.7 Å². The van der Waals surface area contributed by atoms with Gasteiger partial charge in [-0.15, -0.1) is 0 Å². The smallest absolute Gasteiger partial charge is 0.252 e. The van der Waals surface area contributed by atoms with E-state index in [-0.39, 0.29) is 22.5 Å². The normalized spacial score (nSPS) is 14.5. The van der Waals surface area contributed by atoms with Gasteiger partial charge < -0.3 is 10.2 Å². The Kier molecular flexibility index (Phi) is 4.52. The lowest BCUT2D eigenvalue weighted by Crippen LogP contribution is -2.38. The summed E-state index contributed by atoms with van der Waals surface area (Å²) in [5.74, 6) is -1.06. The summed E-state index contributed by atoms with van der Waals surface area (Å²) in [5.41, 5.74) is 0.189. The molecule has 1 fully saturated rings. The maximum absolute atomic E-state index is 13.3. The van der Waals surface area contributed by atoms with Crippen LogP contribution >= 0.6 is 15.9 Å². The van der Waals surface area contributed by atoms with Gasteiger partial charge in [0.25, 0.3) is 5.91 Å². The second kappa shape index (κ2) is 6.14. The number of carbonyl (C=O) groups is 2. The summed E-state index contributed by atoms with van der Waals surface area (Å²) < 4.78 is 13.4. The predicted octanol–water partition coefficient (Wildman–Crippen LogP) is 1.94. The minimum atomic E-state index is -0.501. The van der Waals surface area contributed by atoms with Crippen molar-refractivity contribution >= 4 is 27.7 Å². The standard InChI is InChI=1S/C13H14BrFN2O2/c14-12-9(4-3-5-10(12)15)13(19)16-8-11(18)17-6-1-2-7-17/h3-5H,1-2,6-8H2,(H,16,19). The van der Waals surface area contributed by atoms with Crippen molar-refractivity contribution in [3.05, 3.63) is 34.1 Å². The molecule has 4 nitrogen and oxygen atoms in total. The number of benzene rings is 1. The molecule has 0 unspecified atom stereocenters. The molecule has 1 saturated heterocycles. The average Bonchev–Trinajstić information content (AvgIpc) is 2.93. The number of amides is 2. The molecule has 0 aromatic heterocycles. The highest BCUT2D eigenvalue weighted by Crippen LogP contribution is 2.20. The number of hydrogen-bond donors (Lipinski definition) is 1. The van der Waals surface area contributed by atoms with Crippen molar-refractivity contribution in [1.82, 2.24) is 10.2 Å². The van der Waals surface area contributed by atoms with Gasteiger partial charge in [-0.05, 0) is 40.9 Å². The summed E-state index contributed by atoms with van der Waals surface area (Å²) in [4.78, 5) is 25.3. The first-order chi connectivity index (χ1) is 9.09. The third-order valence-electron chi connectivity index (χ3n) is 3.06. The molecule has 0 radical (unpaired) electrons. The van der Waals surface area contributed by atoms with Crippen molar-refractivity contribution in [1.29, 1.82) is 0 Å². The van der Waals surface area contributed by atoms with E-state index >= 15 is 0 Å². The number of halogens is 2. The highest BCUT2D eigenvalue weighted by molar-refractivity contribution is 9.10. The molecular formula is C13H14BrFN2O2. The van der Waals surface area contributed by atoms with Crippen LogP contribution < -0.4 is 5.32 Å². The fourth-order valence-corrected chi connectivity index (χ4v) is 2.45. The van der Waals surface area contributed by atoms with E-state index in [2.05, 4.69) is 21.2 Å². The second-order valence-corrected chi connectivity index (χ2v) is 5.16. The molecule has 2 amide bonds. The minimum absolute atomic E-state index is 0.0538. The van der Waals surface area contributed by atoms with E-state index in [9.17, 15) is 14.0 Å². The van der Waals surface area contributed by atoms with Gasteiger partial charge in [0.05, 0.1) is 16.6 Å². The van der Waals surface area contributed by atoms with E-state index in [0.717, 1.165) is 25.9 Å². The molecule has 102 valence electrons. The number of carbonyl (C=O) groups excluding carboxylic acids is 2. The molecule has 2 rings (SSSR count). The molecular weight excluding hydrogens is 315 g/mol. The molecule has 0 aliphatic carbocycles. The second-order valence-electron chi connectivity index (χ2n) is 4.37. The number of nitrogens with zero attached hydrogens (tertiary/aromatic N) is 1. The van der Waals surface area contributed by atoms with Crippen molar-refractivity contribution in [2.24, 2.45) is 0 Å². The third kappa shape index (κ3) is 3.32. The average molecular weight is 329 g/mol. The summed E-state index contributed by atoms with van der Waals surface area (Å²) in [7, 11) is 0. The van der Waals surface area contributed by atoms with Crippen LogP contribution in [0.1, 0.15) is 23.2 Å². The number of rotatable bonds is 3. The Labute approximate surface area is 119 Å². The summed E-state index contributed by atoms with van der Waals surface area (Å²) in [5, 5.41) is 2.52. The Bertz CT molecular complexity index is 501. The van der Waals surface area contributed by atoms with Gasteiger partial charge in [0.1, 0.15) is 5.82 Å². The van der Waals surface area contributed by atoms with Crippen LogP contribution in [-0.4, -0.2) is 36.3 Å². The molecule has 19 heavy (non-hydrogen) atoms. The largest absolute Gasteiger partial charge is 0.343 e. The third-order valence-corrected chi connectivity index (χ3v) is 3.86. The van der Waals surface area contributed by atoms with Crippen LogP contribution in [0.4, 0.5) is 4.39 Å². The highest BCUT2D eigenvalue weighted by atomic mass is 79.9. The van der Waals surface area contributed by atoms with E-state index in [1.807, 2.05) is 0 Å². The van der Waals surface area contributed by atoms with Gasteiger partial charge in [-0.25, -0.2) is 4.39 Å². The Morgan fingerprint density at radius 3 is 2.68 bits per heavy atom. The SMILES string of the molecule is O=C(NCC(=O)N1CCCC1)c1cccc(F)c1Br. The monoisotopic (exact) mass is 328 g/mol. The summed E-state index contributed by atoms with van der Waals surface area (Å²) in [6, 6.07) is 4.22. The molecule has 0 bridgehead atoms. The van der Waals surface area contributed by atoms with E-state index in [4.69, 9.17) is 0 Å². The van der Waals surface area contributed by atoms with Crippen molar-refractivity contribution in [3.63, 3.8) is 0 Å². The minimum Gasteiger partial charge on any atom is -0.343 e. The van der Waals surface area contributed by atoms with Crippen LogP contribution in [0.2, 0.25) is 0 Å². The van der Waals surface area contributed by atoms with Gasteiger partial charge in [0.15, 0.2) is 0 Å². The molecule has 1 heterocycles. The molecule has 1 aliphatic rings. The lowest BCUT2D eigenvalue weighted by molar-refractivity contribution is -0.129. The summed E-state index contributed by atoms with van der Waals surface area (Å²) >= 11 is 3.02. The van der Waals surface area contributed by atoms with Gasteiger partial charge in [-0.3, -0.25) is 9.59 Å². The Balaban J connectivity index is 1.94. The van der Waals surface area contributed by atoms with Crippen molar-refractivity contribution in [2.75, 3.05) is 19.6 Å². The first kappa shape index (κ1) is 14.0. The molecule has 1 aromatic carbocycles. The topological polar surface area (TPSA) is 49.4 Å². The van der Waals surface area contributed by atoms with Crippen molar-refractivity contribution < 1.29 is 14.0 Å². The van der Waals surface area contributed by atoms with Gasteiger partial charge >= 0.3 is 0 Å². The zero-order valence-corrected chi connectivity index (χ0v) is 11.9. The van der Waals surface area contributed by atoms with Crippen molar-refractivity contribution in [3.8, 4) is 0 Å². The van der Waals surface area contributed by atoms with E-state index < -0.39 is 11.7 Å². The Morgan fingerprint density at radius 1 is 1.32 bits per heavy atom. The number of hydrogen-bond acceptors (Lipinski definition) is 2. The van der Waals surface area contributed by atoms with Crippen LogP contribution in [-0.2, 0) is 4.79 Å². The van der Waals surface area contributed by atoms with Gasteiger partial charge in [-0.2, -0.15) is 0 Å².